The zero-order valence-corrected chi connectivity index (χ0v) is 4.10. The van der Waals surface area contributed by atoms with Gasteiger partial charge in [0.2, 0.25) is 0 Å². The van der Waals surface area contributed by atoms with Gasteiger partial charge in [0.1, 0.15) is 0 Å². The van der Waals surface area contributed by atoms with Gasteiger partial charge in [-0.2, -0.15) is 0 Å². The molecule has 0 aromatic carbocycles. The van der Waals surface area contributed by atoms with E-state index in [4.69, 9.17) is 0 Å². The number of halogens is 1. The fourth-order valence-electron chi connectivity index (χ4n) is 0. The molecule has 0 aromatic heterocycles. The molecular weight excluding hydrogens is 174 g/mol. The number of rotatable bonds is 0. The molecule has 0 spiro atoms. The van der Waals surface area contributed by atoms with Crippen LogP contribution in [0.1, 0.15) is 0 Å². The predicted molar refractivity (Wildman–Crippen MR) is 14.5 cm³/mol. The molecule has 0 aliphatic carbocycles. The van der Waals surface area contributed by atoms with Gasteiger partial charge in [0, 0.05) is 20.4 Å². The first-order valence-electron chi connectivity index (χ1n) is 0. The summed E-state index contributed by atoms with van der Waals surface area (Å²) in [5.41, 5.74) is 0. The fraction of sp³-hybridized carbons (Fsp3) is 0. The van der Waals surface area contributed by atoms with E-state index in [1.807, 2.05) is 0 Å². The second-order valence-electron chi connectivity index (χ2n) is 0. The molecule has 0 fully saturated rings. The molecule has 0 aliphatic heterocycles. The van der Waals surface area contributed by atoms with Gasteiger partial charge < -0.3 is 11.0 Å². The third-order valence-corrected chi connectivity index (χ3v) is 0. The largest absolute Gasteiger partial charge is 0.412 e. The van der Waals surface area contributed by atoms with Crippen molar-refractivity contribution < 1.29 is 31.4 Å². The van der Waals surface area contributed by atoms with Gasteiger partial charge in [-0.15, -0.1) is 12.4 Å². The van der Waals surface area contributed by atoms with Crippen LogP contribution in [0.2, 0.25) is 0 Å². The van der Waals surface area contributed by atoms with Crippen LogP contribution in [-0.2, 0) is 20.4 Å². The molecule has 0 bridgehead atoms. The first-order valence-corrected chi connectivity index (χ1v) is 0. The van der Waals surface area contributed by atoms with Crippen LogP contribution in [0, 0.1) is 0 Å². The van der Waals surface area contributed by atoms with Crippen LogP contribution >= 0.6 is 12.4 Å². The summed E-state index contributed by atoms with van der Waals surface area (Å²) in [6.45, 7) is 0. The van der Waals surface area contributed by atoms with E-state index in [0.717, 1.165) is 0 Å². The number of hydrogen-bond acceptors (Lipinski definition) is 0. The Morgan fingerprint density at radius 2 is 0.750 bits per heavy atom. The monoisotopic (exact) mass is 178 g/mol. The van der Waals surface area contributed by atoms with Gasteiger partial charge in [-0.25, -0.2) is 0 Å². The van der Waals surface area contributed by atoms with Crippen LogP contribution in [0.3, 0.4) is 0 Å². The van der Waals surface area contributed by atoms with E-state index in [1.165, 1.54) is 0 Å². The normalized spacial score (nSPS) is 0. The quantitative estimate of drug-likeness (QED) is 0.418. The van der Waals surface area contributed by atoms with Crippen LogP contribution in [-0.4, -0.2) is 11.0 Å². The van der Waals surface area contributed by atoms with Gasteiger partial charge in [-0.1, -0.05) is 0 Å². The Bertz CT molecular complexity index is 6.00. The van der Waals surface area contributed by atoms with Crippen molar-refractivity contribution in [2.24, 2.45) is 0 Å². The van der Waals surface area contributed by atoms with E-state index >= 15 is 0 Å². The Morgan fingerprint density at radius 3 is 0.750 bits per heavy atom. The minimum atomic E-state index is 0. The molecule has 0 amide bonds. The molecule has 0 unspecified atom stereocenters. The van der Waals surface area contributed by atoms with Gasteiger partial charge in [0.05, 0.1) is 0 Å². The van der Waals surface area contributed by atoms with Crippen LogP contribution in [0.15, 0.2) is 0 Å². The molecule has 0 saturated heterocycles. The molecule has 0 rings (SSSR count). The topological polar surface area (TPSA) is 63.0 Å². The van der Waals surface area contributed by atoms with E-state index < -0.39 is 0 Å². The van der Waals surface area contributed by atoms with Gasteiger partial charge in [0.25, 0.3) is 0 Å². The maximum Gasteiger partial charge on any atom is 0 e. The summed E-state index contributed by atoms with van der Waals surface area (Å²) in [7, 11) is 0. The number of hydrogen-bond donors (Lipinski definition) is 0. The maximum atomic E-state index is 0. The second kappa shape index (κ2) is 42.0. The van der Waals surface area contributed by atoms with Crippen molar-refractivity contribution in [3.05, 3.63) is 0 Å². The summed E-state index contributed by atoms with van der Waals surface area (Å²) >= 11 is 0. The van der Waals surface area contributed by atoms with E-state index in [1.54, 1.807) is 0 Å². The molecule has 2 nitrogen and oxygen atoms in total. The molecule has 0 saturated carbocycles. The third kappa shape index (κ3) is 13.2. The zero-order chi connectivity index (χ0) is 0. The molecule has 0 heterocycles. The van der Waals surface area contributed by atoms with Crippen molar-refractivity contribution in [1.82, 2.24) is 0 Å². The summed E-state index contributed by atoms with van der Waals surface area (Å²) in [5, 5.41) is 0. The van der Waals surface area contributed by atoms with E-state index in [2.05, 4.69) is 0 Å². The standard InChI is InChI=1S/ClH.2H2O.Pd/h1H;2*1H2;. The minimum Gasteiger partial charge on any atom is -0.412 e. The molecule has 0 atom stereocenters. The van der Waals surface area contributed by atoms with Crippen molar-refractivity contribution in [1.29, 1.82) is 0 Å². The van der Waals surface area contributed by atoms with Crippen LogP contribution in [0.4, 0.5) is 0 Å². The molecule has 4 heavy (non-hydrogen) atoms. The average Bonchev–Trinajstić information content (AvgIpc) is 0. The van der Waals surface area contributed by atoms with E-state index in [0.29, 0.717) is 0 Å². The summed E-state index contributed by atoms with van der Waals surface area (Å²) in [4.78, 5) is 0. The molecular formula is H5ClO2Pd. The molecule has 0 aromatic rings. The zero-order valence-electron chi connectivity index (χ0n) is 1.72. The Labute approximate surface area is 44.3 Å². The molecule has 34 valence electrons. The van der Waals surface area contributed by atoms with Gasteiger partial charge in [-0.05, 0) is 0 Å². The van der Waals surface area contributed by atoms with Crippen molar-refractivity contribution in [2.75, 3.05) is 0 Å². The Kier molecular flexibility index (Phi) is 1010. The second-order valence-corrected chi connectivity index (χ2v) is 0. The van der Waals surface area contributed by atoms with Crippen LogP contribution in [0.5, 0.6) is 0 Å². The summed E-state index contributed by atoms with van der Waals surface area (Å²) in [6.07, 6.45) is 0. The predicted octanol–water partition coefficient (Wildman–Crippen LogP) is -1.23. The Hall–Kier alpha value is 0.872. The van der Waals surface area contributed by atoms with Crippen LogP contribution < -0.4 is 0 Å². The van der Waals surface area contributed by atoms with Crippen molar-refractivity contribution in [2.45, 2.75) is 0 Å². The Morgan fingerprint density at radius 1 is 0.750 bits per heavy atom. The molecule has 0 aliphatic rings. The van der Waals surface area contributed by atoms with Crippen molar-refractivity contribution in [3.8, 4) is 0 Å². The van der Waals surface area contributed by atoms with E-state index in [-0.39, 0.29) is 43.8 Å². The van der Waals surface area contributed by atoms with Crippen molar-refractivity contribution >= 4 is 12.4 Å². The first kappa shape index (κ1) is 96.0. The average molecular weight is 179 g/mol. The maximum absolute atomic E-state index is 0. The summed E-state index contributed by atoms with van der Waals surface area (Å²) in [5.74, 6) is 0. The van der Waals surface area contributed by atoms with E-state index in [9.17, 15) is 0 Å². The summed E-state index contributed by atoms with van der Waals surface area (Å²) < 4.78 is 0. The third-order valence-electron chi connectivity index (χ3n) is 0. The first-order chi connectivity index (χ1) is 0. The van der Waals surface area contributed by atoms with Crippen LogP contribution in [0.25, 0.3) is 0 Å². The molecule has 4 heteroatoms. The van der Waals surface area contributed by atoms with Gasteiger partial charge in [0.15, 0.2) is 0 Å². The smallest absolute Gasteiger partial charge is 0 e. The van der Waals surface area contributed by atoms with Gasteiger partial charge >= 0.3 is 0 Å². The summed E-state index contributed by atoms with van der Waals surface area (Å²) in [6, 6.07) is 0. The molecule has 4 N–H and O–H groups in total. The minimum absolute atomic E-state index is 0. The van der Waals surface area contributed by atoms with Crippen molar-refractivity contribution in [3.63, 3.8) is 0 Å². The SMILES string of the molecule is Cl.O.O.[Pd]. The Balaban J connectivity index is 0. The molecule has 0 radical (unpaired) electrons. The van der Waals surface area contributed by atoms with Gasteiger partial charge in [-0.3, -0.25) is 0 Å². The fourth-order valence-corrected chi connectivity index (χ4v) is 0.